The molecular formula is C19H23F3N4O2S. The van der Waals surface area contributed by atoms with Crippen LogP contribution in [0.2, 0.25) is 0 Å². The molecule has 2 N–H and O–H groups in total. The second-order valence-corrected chi connectivity index (χ2v) is 8.56. The standard InChI is InChI=1S/C19H23F3N4O2S/c1-23-18(25-13-15-5-4-6-16(11-15)19(20,21)22)24-12-14-7-9-17(10-8-14)29(27,28)26(2)3/h4-11H,12-13H2,1-3H3,(H2,23,24,25). The minimum Gasteiger partial charge on any atom is -0.352 e. The van der Waals surface area contributed by atoms with Crippen molar-refractivity contribution in [1.82, 2.24) is 14.9 Å². The lowest BCUT2D eigenvalue weighted by molar-refractivity contribution is -0.137. The summed E-state index contributed by atoms with van der Waals surface area (Å²) in [6.45, 7) is 0.536. The average molecular weight is 428 g/mol. The van der Waals surface area contributed by atoms with Gasteiger partial charge in [-0.2, -0.15) is 13.2 Å². The van der Waals surface area contributed by atoms with Crippen molar-refractivity contribution >= 4 is 16.0 Å². The number of alkyl halides is 3. The molecule has 2 rings (SSSR count). The fraction of sp³-hybridized carbons (Fsp3) is 0.316. The maximum Gasteiger partial charge on any atom is 0.416 e. The van der Waals surface area contributed by atoms with E-state index in [4.69, 9.17) is 0 Å². The number of rotatable bonds is 6. The second-order valence-electron chi connectivity index (χ2n) is 6.41. The highest BCUT2D eigenvalue weighted by atomic mass is 32.2. The number of benzene rings is 2. The number of hydrogen-bond donors (Lipinski definition) is 2. The van der Waals surface area contributed by atoms with Crippen molar-refractivity contribution in [2.45, 2.75) is 24.2 Å². The lowest BCUT2D eigenvalue weighted by atomic mass is 10.1. The zero-order valence-corrected chi connectivity index (χ0v) is 17.1. The molecule has 0 radical (unpaired) electrons. The third kappa shape index (κ3) is 6.20. The summed E-state index contributed by atoms with van der Waals surface area (Å²) in [7, 11) is 0.990. The first-order chi connectivity index (χ1) is 13.5. The number of nitrogens with zero attached hydrogens (tertiary/aromatic N) is 2. The van der Waals surface area contributed by atoms with Crippen LogP contribution in [0.5, 0.6) is 0 Å². The van der Waals surface area contributed by atoms with Crippen LogP contribution in [0.4, 0.5) is 13.2 Å². The summed E-state index contributed by atoms with van der Waals surface area (Å²) in [6, 6.07) is 11.5. The van der Waals surface area contributed by atoms with Crippen molar-refractivity contribution in [2.75, 3.05) is 21.1 Å². The van der Waals surface area contributed by atoms with Gasteiger partial charge in [-0.1, -0.05) is 24.3 Å². The quantitative estimate of drug-likeness (QED) is 0.548. The van der Waals surface area contributed by atoms with Crippen LogP contribution in [0.3, 0.4) is 0 Å². The van der Waals surface area contributed by atoms with Gasteiger partial charge in [-0.15, -0.1) is 0 Å². The topological polar surface area (TPSA) is 73.8 Å². The summed E-state index contributed by atoms with van der Waals surface area (Å²) in [5.41, 5.74) is 0.596. The maximum absolute atomic E-state index is 12.8. The Morgan fingerprint density at radius 3 is 2.10 bits per heavy atom. The number of nitrogens with one attached hydrogen (secondary N) is 2. The molecule has 6 nitrogen and oxygen atoms in total. The van der Waals surface area contributed by atoms with Crippen molar-refractivity contribution in [1.29, 1.82) is 0 Å². The van der Waals surface area contributed by atoms with E-state index in [0.29, 0.717) is 18.1 Å². The molecule has 0 amide bonds. The molecule has 0 aromatic heterocycles. The molecule has 2 aromatic carbocycles. The van der Waals surface area contributed by atoms with E-state index in [9.17, 15) is 21.6 Å². The van der Waals surface area contributed by atoms with Gasteiger partial charge in [0.1, 0.15) is 0 Å². The minimum atomic E-state index is -4.39. The number of guanidine groups is 1. The molecule has 2 aromatic rings. The fourth-order valence-electron chi connectivity index (χ4n) is 2.44. The summed E-state index contributed by atoms with van der Waals surface area (Å²) in [5, 5.41) is 5.99. The highest BCUT2D eigenvalue weighted by Crippen LogP contribution is 2.29. The molecule has 10 heteroatoms. The molecule has 0 aliphatic heterocycles. The van der Waals surface area contributed by atoms with Crippen LogP contribution in [0.25, 0.3) is 0 Å². The lowest BCUT2D eigenvalue weighted by Crippen LogP contribution is -2.36. The Labute approximate surface area is 168 Å². The Morgan fingerprint density at radius 2 is 1.59 bits per heavy atom. The first-order valence-electron chi connectivity index (χ1n) is 8.66. The number of aliphatic imine (C=N–C) groups is 1. The maximum atomic E-state index is 12.8. The van der Waals surface area contributed by atoms with E-state index in [-0.39, 0.29) is 11.4 Å². The van der Waals surface area contributed by atoms with Crippen LogP contribution >= 0.6 is 0 Å². The zero-order chi connectivity index (χ0) is 21.7. The van der Waals surface area contributed by atoms with Crippen LogP contribution in [-0.2, 0) is 29.3 Å². The largest absolute Gasteiger partial charge is 0.416 e. The SMILES string of the molecule is CN=C(NCc1ccc(S(=O)(=O)N(C)C)cc1)NCc1cccc(C(F)(F)F)c1. The predicted octanol–water partition coefficient (Wildman–Crippen LogP) is 2.82. The van der Waals surface area contributed by atoms with E-state index in [2.05, 4.69) is 15.6 Å². The van der Waals surface area contributed by atoms with Gasteiger partial charge in [-0.3, -0.25) is 4.99 Å². The van der Waals surface area contributed by atoms with Crippen LogP contribution in [0, 0.1) is 0 Å². The van der Waals surface area contributed by atoms with E-state index in [1.807, 2.05) is 0 Å². The summed E-state index contributed by atoms with van der Waals surface area (Å²) >= 11 is 0. The molecule has 0 fully saturated rings. The molecule has 0 bridgehead atoms. The van der Waals surface area contributed by atoms with Gasteiger partial charge in [0, 0.05) is 34.2 Å². The minimum absolute atomic E-state index is 0.170. The van der Waals surface area contributed by atoms with E-state index < -0.39 is 21.8 Å². The first kappa shape index (κ1) is 22.7. The van der Waals surface area contributed by atoms with Gasteiger partial charge in [0.15, 0.2) is 5.96 Å². The van der Waals surface area contributed by atoms with Gasteiger partial charge in [-0.25, -0.2) is 12.7 Å². The first-order valence-corrected chi connectivity index (χ1v) is 10.1. The molecular weight excluding hydrogens is 405 g/mol. The van der Waals surface area contributed by atoms with Gasteiger partial charge in [0.2, 0.25) is 10.0 Å². The van der Waals surface area contributed by atoms with E-state index >= 15 is 0 Å². The third-order valence-corrected chi connectivity index (χ3v) is 5.93. The summed E-state index contributed by atoms with van der Waals surface area (Å²) in [5.74, 6) is 0.410. The van der Waals surface area contributed by atoms with E-state index in [1.54, 1.807) is 25.2 Å². The van der Waals surface area contributed by atoms with Gasteiger partial charge in [0.25, 0.3) is 0 Å². The molecule has 0 unspecified atom stereocenters. The van der Waals surface area contributed by atoms with Crippen molar-refractivity contribution in [3.05, 3.63) is 65.2 Å². The van der Waals surface area contributed by atoms with E-state index in [1.165, 1.54) is 32.3 Å². The second kappa shape index (κ2) is 9.27. The molecule has 29 heavy (non-hydrogen) atoms. The normalized spacial score (nSPS) is 12.9. The molecule has 0 saturated heterocycles. The van der Waals surface area contributed by atoms with Gasteiger partial charge < -0.3 is 10.6 Å². The Bertz CT molecular complexity index is 956. The average Bonchev–Trinajstić information content (AvgIpc) is 2.68. The Balaban J connectivity index is 1.95. The molecule has 158 valence electrons. The van der Waals surface area contributed by atoms with Crippen molar-refractivity contribution in [3.63, 3.8) is 0 Å². The molecule has 0 atom stereocenters. The predicted molar refractivity (Wildman–Crippen MR) is 106 cm³/mol. The van der Waals surface area contributed by atoms with Gasteiger partial charge in [-0.05, 0) is 35.4 Å². The smallest absolute Gasteiger partial charge is 0.352 e. The van der Waals surface area contributed by atoms with Gasteiger partial charge in [0.05, 0.1) is 10.5 Å². The number of halogens is 3. The Morgan fingerprint density at radius 1 is 1.00 bits per heavy atom. The molecule has 0 aliphatic carbocycles. The van der Waals surface area contributed by atoms with Crippen molar-refractivity contribution in [3.8, 4) is 0 Å². The van der Waals surface area contributed by atoms with E-state index in [0.717, 1.165) is 22.0 Å². The van der Waals surface area contributed by atoms with Crippen molar-refractivity contribution in [2.24, 2.45) is 4.99 Å². The summed E-state index contributed by atoms with van der Waals surface area (Å²) < 4.78 is 63.7. The highest BCUT2D eigenvalue weighted by molar-refractivity contribution is 7.89. The molecule has 0 spiro atoms. The van der Waals surface area contributed by atoms with Crippen LogP contribution < -0.4 is 10.6 Å². The van der Waals surface area contributed by atoms with Crippen molar-refractivity contribution < 1.29 is 21.6 Å². The van der Waals surface area contributed by atoms with Crippen LogP contribution in [0.15, 0.2) is 58.4 Å². The van der Waals surface area contributed by atoms with Crippen LogP contribution in [-0.4, -0.2) is 39.8 Å². The van der Waals surface area contributed by atoms with Crippen LogP contribution in [0.1, 0.15) is 16.7 Å². The zero-order valence-electron chi connectivity index (χ0n) is 16.3. The number of sulfonamides is 1. The Hall–Kier alpha value is -2.59. The lowest BCUT2D eigenvalue weighted by Gasteiger charge is -2.14. The summed E-state index contributed by atoms with van der Waals surface area (Å²) in [4.78, 5) is 4.23. The third-order valence-electron chi connectivity index (χ3n) is 4.10. The molecule has 0 saturated carbocycles. The van der Waals surface area contributed by atoms with Gasteiger partial charge >= 0.3 is 6.18 Å². The number of hydrogen-bond acceptors (Lipinski definition) is 3. The Kier molecular flexibility index (Phi) is 7.26. The monoisotopic (exact) mass is 428 g/mol. The fourth-order valence-corrected chi connectivity index (χ4v) is 3.34. The summed E-state index contributed by atoms with van der Waals surface area (Å²) in [6.07, 6.45) is -4.39. The highest BCUT2D eigenvalue weighted by Gasteiger charge is 2.30. The molecule has 0 aliphatic rings. The molecule has 0 heterocycles.